The number of thiazole rings is 1. The molecule has 2 fully saturated rings. The van der Waals surface area contributed by atoms with E-state index in [1.807, 2.05) is 11.8 Å². The van der Waals surface area contributed by atoms with Crippen molar-refractivity contribution in [1.82, 2.24) is 15.2 Å². The van der Waals surface area contributed by atoms with Gasteiger partial charge in [0.2, 0.25) is 5.91 Å². The molecule has 1 unspecified atom stereocenters. The Balaban J connectivity index is 1.53. The van der Waals surface area contributed by atoms with E-state index in [1.54, 1.807) is 0 Å². The average Bonchev–Trinajstić information content (AvgIpc) is 3.17. The molecule has 2 aliphatic rings. The van der Waals surface area contributed by atoms with Gasteiger partial charge in [0.15, 0.2) is 5.13 Å². The fraction of sp³-hybridized carbons (Fsp3) is 0.714. The lowest BCUT2D eigenvalue weighted by molar-refractivity contribution is -0.134. The minimum absolute atomic E-state index is 0.0366. The molecule has 0 spiro atoms. The first-order chi connectivity index (χ1) is 10.8. The molecule has 1 atom stereocenters. The van der Waals surface area contributed by atoms with Gasteiger partial charge < -0.3 is 10.2 Å². The number of aromatic nitrogens is 1. The molecule has 1 aromatic heterocycles. The summed E-state index contributed by atoms with van der Waals surface area (Å²) in [5.74, 6) is 0.0366. The summed E-state index contributed by atoms with van der Waals surface area (Å²) in [6.07, 6.45) is -1.35. The first kappa shape index (κ1) is 16.5. The van der Waals surface area contributed by atoms with E-state index >= 15 is 0 Å². The Labute approximate surface area is 136 Å². The van der Waals surface area contributed by atoms with Gasteiger partial charge in [0.1, 0.15) is 4.88 Å². The molecule has 1 saturated carbocycles. The third-order valence-electron chi connectivity index (χ3n) is 4.21. The summed E-state index contributed by atoms with van der Waals surface area (Å²) in [7, 11) is 0. The SMILES string of the molecule is CC(C(=O)NC1CC1)N1CCN(c2ncc(C(F)(F)F)s2)CC1. The number of anilines is 1. The van der Waals surface area contributed by atoms with Gasteiger partial charge in [0.25, 0.3) is 0 Å². The lowest BCUT2D eigenvalue weighted by Crippen LogP contribution is -2.54. The second-order valence-corrected chi connectivity index (χ2v) is 7.00. The summed E-state index contributed by atoms with van der Waals surface area (Å²) in [6, 6.07) is 0.127. The molecule has 0 bridgehead atoms. The number of carbonyl (C=O) groups excluding carboxylic acids is 1. The zero-order valence-corrected chi connectivity index (χ0v) is 13.6. The van der Waals surface area contributed by atoms with Crippen molar-refractivity contribution < 1.29 is 18.0 Å². The Hall–Kier alpha value is -1.35. The van der Waals surface area contributed by atoms with Gasteiger partial charge in [0.05, 0.1) is 12.2 Å². The maximum Gasteiger partial charge on any atom is 0.427 e. The fourth-order valence-corrected chi connectivity index (χ4v) is 3.39. The molecule has 23 heavy (non-hydrogen) atoms. The molecule has 0 aromatic carbocycles. The highest BCUT2D eigenvalue weighted by Gasteiger charge is 2.35. The van der Waals surface area contributed by atoms with Crippen LogP contribution in [-0.4, -0.2) is 54.1 Å². The van der Waals surface area contributed by atoms with Crippen molar-refractivity contribution in [2.24, 2.45) is 0 Å². The lowest BCUT2D eigenvalue weighted by Gasteiger charge is -2.37. The highest BCUT2D eigenvalue weighted by molar-refractivity contribution is 7.15. The number of carbonyl (C=O) groups is 1. The third kappa shape index (κ3) is 3.95. The molecule has 1 amide bonds. The minimum atomic E-state index is -4.34. The van der Waals surface area contributed by atoms with Gasteiger partial charge in [-0.25, -0.2) is 4.98 Å². The van der Waals surface area contributed by atoms with Crippen LogP contribution in [-0.2, 0) is 11.0 Å². The van der Waals surface area contributed by atoms with Gasteiger partial charge in [0, 0.05) is 32.2 Å². The van der Waals surface area contributed by atoms with E-state index in [2.05, 4.69) is 15.2 Å². The lowest BCUT2D eigenvalue weighted by atomic mass is 10.2. The zero-order chi connectivity index (χ0) is 16.6. The smallest absolute Gasteiger partial charge is 0.352 e. The quantitative estimate of drug-likeness (QED) is 0.904. The van der Waals surface area contributed by atoms with Crippen molar-refractivity contribution >= 4 is 22.4 Å². The molecule has 128 valence electrons. The standard InChI is InChI=1S/C14H19F3N4OS/c1-9(12(22)19-10-2-3-10)20-4-6-21(7-5-20)13-18-8-11(23-13)14(15,16)17/h8-10H,2-7H2,1H3,(H,19,22). The molecule has 1 aliphatic carbocycles. The normalized spacial score (nSPS) is 21.3. The summed E-state index contributed by atoms with van der Waals surface area (Å²) in [5, 5.41) is 3.38. The van der Waals surface area contributed by atoms with Crippen LogP contribution in [0.3, 0.4) is 0 Å². The maximum atomic E-state index is 12.6. The predicted octanol–water partition coefficient (Wildman–Crippen LogP) is 1.95. The molecule has 9 heteroatoms. The maximum absolute atomic E-state index is 12.6. The summed E-state index contributed by atoms with van der Waals surface area (Å²) in [5.41, 5.74) is 0. The van der Waals surface area contributed by atoms with Gasteiger partial charge in [-0.15, -0.1) is 0 Å². The number of piperazine rings is 1. The fourth-order valence-electron chi connectivity index (χ4n) is 2.56. The molecular weight excluding hydrogens is 329 g/mol. The molecule has 1 N–H and O–H groups in total. The summed E-state index contributed by atoms with van der Waals surface area (Å²) in [6.45, 7) is 4.30. The van der Waals surface area contributed by atoms with Gasteiger partial charge in [-0.2, -0.15) is 13.2 Å². The van der Waals surface area contributed by atoms with Crippen molar-refractivity contribution in [2.45, 2.75) is 38.0 Å². The molecule has 3 rings (SSSR count). The van der Waals surface area contributed by atoms with E-state index < -0.39 is 11.1 Å². The number of alkyl halides is 3. The van der Waals surface area contributed by atoms with Crippen LogP contribution >= 0.6 is 11.3 Å². The number of rotatable bonds is 4. The molecule has 1 aromatic rings. The van der Waals surface area contributed by atoms with E-state index in [1.165, 1.54) is 0 Å². The van der Waals surface area contributed by atoms with Crippen molar-refractivity contribution in [1.29, 1.82) is 0 Å². The number of nitrogens with zero attached hydrogens (tertiary/aromatic N) is 3. The van der Waals surface area contributed by atoms with Crippen LogP contribution < -0.4 is 10.2 Å². The number of amides is 1. The van der Waals surface area contributed by atoms with Gasteiger partial charge in [-0.05, 0) is 19.8 Å². The van der Waals surface area contributed by atoms with Gasteiger partial charge in [-0.1, -0.05) is 11.3 Å². The van der Waals surface area contributed by atoms with E-state index in [9.17, 15) is 18.0 Å². The Bertz CT molecular complexity index is 565. The molecular formula is C14H19F3N4OS. The Morgan fingerprint density at radius 1 is 1.35 bits per heavy atom. The highest BCUT2D eigenvalue weighted by atomic mass is 32.1. The molecule has 0 radical (unpaired) electrons. The molecule has 5 nitrogen and oxygen atoms in total. The van der Waals surface area contributed by atoms with E-state index in [-0.39, 0.29) is 11.9 Å². The molecule has 1 saturated heterocycles. The van der Waals surface area contributed by atoms with E-state index in [0.29, 0.717) is 48.7 Å². The molecule has 1 aliphatic heterocycles. The monoisotopic (exact) mass is 348 g/mol. The van der Waals surface area contributed by atoms with Crippen LogP contribution in [0.1, 0.15) is 24.6 Å². The zero-order valence-electron chi connectivity index (χ0n) is 12.8. The number of hydrogen-bond acceptors (Lipinski definition) is 5. The van der Waals surface area contributed by atoms with Gasteiger partial charge in [-0.3, -0.25) is 9.69 Å². The third-order valence-corrected chi connectivity index (χ3v) is 5.31. The predicted molar refractivity (Wildman–Crippen MR) is 81.5 cm³/mol. The minimum Gasteiger partial charge on any atom is -0.352 e. The van der Waals surface area contributed by atoms with E-state index in [0.717, 1.165) is 19.0 Å². The number of nitrogens with one attached hydrogen (secondary N) is 1. The molecule has 2 heterocycles. The first-order valence-corrected chi connectivity index (χ1v) is 8.48. The summed E-state index contributed by atoms with van der Waals surface area (Å²) < 4.78 is 37.9. The summed E-state index contributed by atoms with van der Waals surface area (Å²) in [4.78, 5) is 19.2. The van der Waals surface area contributed by atoms with Crippen LogP contribution in [0.4, 0.5) is 18.3 Å². The van der Waals surface area contributed by atoms with Crippen LogP contribution in [0, 0.1) is 0 Å². The van der Waals surface area contributed by atoms with Crippen LogP contribution in [0.15, 0.2) is 6.20 Å². The average molecular weight is 348 g/mol. The highest BCUT2D eigenvalue weighted by Crippen LogP contribution is 2.36. The van der Waals surface area contributed by atoms with Crippen molar-refractivity contribution in [2.75, 3.05) is 31.1 Å². The topological polar surface area (TPSA) is 48.5 Å². The van der Waals surface area contributed by atoms with Crippen molar-refractivity contribution in [3.05, 3.63) is 11.1 Å². The second kappa shape index (κ2) is 6.27. The Kier molecular flexibility index (Phi) is 4.50. The van der Waals surface area contributed by atoms with Crippen LogP contribution in [0.5, 0.6) is 0 Å². The van der Waals surface area contributed by atoms with E-state index in [4.69, 9.17) is 0 Å². The second-order valence-electron chi connectivity index (χ2n) is 5.99. The van der Waals surface area contributed by atoms with Crippen molar-refractivity contribution in [3.63, 3.8) is 0 Å². The van der Waals surface area contributed by atoms with Gasteiger partial charge >= 0.3 is 6.18 Å². The van der Waals surface area contributed by atoms with Crippen LogP contribution in [0.25, 0.3) is 0 Å². The Morgan fingerprint density at radius 3 is 2.52 bits per heavy atom. The number of hydrogen-bond donors (Lipinski definition) is 1. The first-order valence-electron chi connectivity index (χ1n) is 7.67. The number of halogens is 3. The summed E-state index contributed by atoms with van der Waals surface area (Å²) >= 11 is 0.671. The Morgan fingerprint density at radius 2 is 2.00 bits per heavy atom. The van der Waals surface area contributed by atoms with Crippen molar-refractivity contribution in [3.8, 4) is 0 Å². The largest absolute Gasteiger partial charge is 0.427 e. The van der Waals surface area contributed by atoms with Crippen LogP contribution in [0.2, 0.25) is 0 Å².